The molecular weight excluding hydrogens is 473 g/mol. The van der Waals surface area contributed by atoms with E-state index in [9.17, 15) is 19.7 Å². The van der Waals surface area contributed by atoms with Gasteiger partial charge in [-0.05, 0) is 42.5 Å². The summed E-state index contributed by atoms with van der Waals surface area (Å²) < 4.78 is 10.4. The lowest BCUT2D eigenvalue weighted by molar-refractivity contribution is -0.384. The van der Waals surface area contributed by atoms with Crippen LogP contribution in [0.1, 0.15) is 20.7 Å². The second kappa shape index (κ2) is 10.2. The third-order valence-corrected chi connectivity index (χ3v) is 4.94. The molecule has 0 saturated heterocycles. The van der Waals surface area contributed by atoms with Gasteiger partial charge in [-0.15, -0.1) is 0 Å². The highest BCUT2D eigenvalue weighted by molar-refractivity contribution is 6.31. The molecule has 0 saturated carbocycles. The van der Waals surface area contributed by atoms with Crippen LogP contribution in [0.5, 0.6) is 11.5 Å². The Morgan fingerprint density at radius 3 is 1.58 bits per heavy atom. The van der Waals surface area contributed by atoms with Gasteiger partial charge in [-0.3, -0.25) is 19.7 Å². The van der Waals surface area contributed by atoms with Gasteiger partial charge in [-0.2, -0.15) is 0 Å². The van der Waals surface area contributed by atoms with E-state index in [0.717, 1.165) is 12.1 Å². The summed E-state index contributed by atoms with van der Waals surface area (Å²) in [6.45, 7) is 0. The van der Waals surface area contributed by atoms with E-state index in [1.54, 1.807) is 24.3 Å². The van der Waals surface area contributed by atoms with Crippen molar-refractivity contribution >= 4 is 52.1 Å². The number of benzene rings is 3. The average Bonchev–Trinajstić information content (AvgIpc) is 2.79. The minimum atomic E-state index is -0.701. The molecule has 0 fully saturated rings. The zero-order valence-corrected chi connectivity index (χ0v) is 18.9. The molecule has 0 atom stereocenters. The van der Waals surface area contributed by atoms with E-state index in [2.05, 4.69) is 10.6 Å². The van der Waals surface area contributed by atoms with Gasteiger partial charge in [0.2, 0.25) is 0 Å². The van der Waals surface area contributed by atoms with Crippen molar-refractivity contribution in [3.05, 3.63) is 85.9 Å². The van der Waals surface area contributed by atoms with Crippen LogP contribution in [0.25, 0.3) is 0 Å². The van der Waals surface area contributed by atoms with Crippen molar-refractivity contribution in [3.63, 3.8) is 0 Å². The lowest BCUT2D eigenvalue weighted by Gasteiger charge is -2.12. The van der Waals surface area contributed by atoms with Crippen LogP contribution in [0.3, 0.4) is 0 Å². The highest BCUT2D eigenvalue weighted by Gasteiger charge is 2.20. The molecule has 0 unspecified atom stereocenters. The van der Waals surface area contributed by atoms with Crippen LogP contribution in [-0.2, 0) is 0 Å². The number of hydrogen-bond acceptors (Lipinski definition) is 6. The summed E-state index contributed by atoms with van der Waals surface area (Å²) in [5, 5.41) is 17.3. The maximum Gasteiger partial charge on any atom is 0.271 e. The van der Waals surface area contributed by atoms with Crippen molar-refractivity contribution in [2.75, 3.05) is 24.9 Å². The second-order valence-electron chi connectivity index (χ2n) is 6.62. The fourth-order valence-corrected chi connectivity index (χ4v) is 3.27. The van der Waals surface area contributed by atoms with Crippen molar-refractivity contribution in [1.82, 2.24) is 0 Å². The van der Waals surface area contributed by atoms with Crippen LogP contribution in [0.4, 0.5) is 17.1 Å². The summed E-state index contributed by atoms with van der Waals surface area (Å²) in [7, 11) is 2.83. The molecule has 3 aromatic carbocycles. The van der Waals surface area contributed by atoms with Crippen LogP contribution in [-0.4, -0.2) is 31.0 Å². The monoisotopic (exact) mass is 489 g/mol. The fraction of sp³-hybridized carbons (Fsp3) is 0.0909. The molecule has 0 radical (unpaired) electrons. The molecule has 11 heteroatoms. The lowest BCUT2D eigenvalue weighted by Crippen LogP contribution is -2.17. The molecule has 3 aromatic rings. The number of nitro groups is 1. The third-order valence-electron chi connectivity index (χ3n) is 4.47. The molecule has 2 N–H and O–H groups in total. The number of nitro benzene ring substituents is 1. The Balaban J connectivity index is 1.95. The first-order valence-electron chi connectivity index (χ1n) is 9.31. The molecule has 0 bridgehead atoms. The Kier molecular flexibility index (Phi) is 7.37. The first-order chi connectivity index (χ1) is 15.7. The van der Waals surface area contributed by atoms with Crippen molar-refractivity contribution in [3.8, 4) is 11.5 Å². The second-order valence-corrected chi connectivity index (χ2v) is 7.50. The maximum absolute atomic E-state index is 12.8. The molecule has 33 heavy (non-hydrogen) atoms. The average molecular weight is 490 g/mol. The summed E-state index contributed by atoms with van der Waals surface area (Å²) in [6.07, 6.45) is 0. The predicted octanol–water partition coefficient (Wildman–Crippen LogP) is 5.42. The SMILES string of the molecule is COc1ccc(Cl)cc1NC(=O)c1cc(C(=O)Nc2cc(Cl)ccc2OC)cc([N+](=O)[O-])c1. The minimum Gasteiger partial charge on any atom is -0.495 e. The van der Waals surface area contributed by atoms with Gasteiger partial charge in [0.25, 0.3) is 17.5 Å². The standard InChI is InChI=1S/C22H17Cl2N3O6/c1-32-19-5-3-14(23)10-17(19)25-21(28)12-7-13(9-16(8-12)27(30)31)22(29)26-18-11-15(24)4-6-20(18)33-2/h3-11H,1-2H3,(H,25,28)(H,26,29). The molecule has 0 heterocycles. The van der Waals surface area contributed by atoms with Crippen molar-refractivity contribution in [2.24, 2.45) is 0 Å². The zero-order chi connectivity index (χ0) is 24.1. The molecule has 0 spiro atoms. The maximum atomic E-state index is 12.8. The van der Waals surface area contributed by atoms with Gasteiger partial charge in [0.1, 0.15) is 11.5 Å². The summed E-state index contributed by atoms with van der Waals surface area (Å²) in [5.74, 6) is -0.726. The summed E-state index contributed by atoms with van der Waals surface area (Å²) in [4.78, 5) is 36.4. The number of nitrogens with zero attached hydrogens (tertiary/aromatic N) is 1. The molecule has 0 aliphatic carbocycles. The number of methoxy groups -OCH3 is 2. The topological polar surface area (TPSA) is 120 Å². The lowest BCUT2D eigenvalue weighted by atomic mass is 10.1. The quantitative estimate of drug-likeness (QED) is 0.337. The van der Waals surface area contributed by atoms with E-state index in [1.807, 2.05) is 0 Å². The van der Waals surface area contributed by atoms with E-state index in [1.165, 1.54) is 32.4 Å². The van der Waals surface area contributed by atoms with Crippen LogP contribution in [0.15, 0.2) is 54.6 Å². The van der Waals surface area contributed by atoms with Crippen LogP contribution in [0.2, 0.25) is 10.0 Å². The number of carbonyl (C=O) groups is 2. The van der Waals surface area contributed by atoms with E-state index < -0.39 is 22.4 Å². The molecule has 170 valence electrons. The highest BCUT2D eigenvalue weighted by atomic mass is 35.5. The smallest absolute Gasteiger partial charge is 0.271 e. The number of halogens is 2. The predicted molar refractivity (Wildman–Crippen MR) is 125 cm³/mol. The van der Waals surface area contributed by atoms with Gasteiger partial charge >= 0.3 is 0 Å². The summed E-state index contributed by atoms with van der Waals surface area (Å²) in [6, 6.07) is 12.6. The van der Waals surface area contributed by atoms with Gasteiger partial charge in [-0.1, -0.05) is 23.2 Å². The Morgan fingerprint density at radius 2 is 1.21 bits per heavy atom. The number of hydrogen-bond donors (Lipinski definition) is 2. The molecule has 2 amide bonds. The van der Waals surface area contributed by atoms with Gasteiger partial charge in [0, 0.05) is 33.3 Å². The van der Waals surface area contributed by atoms with Crippen LogP contribution >= 0.6 is 23.2 Å². The van der Waals surface area contributed by atoms with Crippen LogP contribution < -0.4 is 20.1 Å². The molecule has 9 nitrogen and oxygen atoms in total. The van der Waals surface area contributed by atoms with E-state index in [-0.39, 0.29) is 22.5 Å². The molecule has 3 rings (SSSR count). The number of carbonyl (C=O) groups excluding carboxylic acids is 2. The van der Waals surface area contributed by atoms with E-state index in [0.29, 0.717) is 21.5 Å². The summed E-state index contributed by atoms with van der Waals surface area (Å²) in [5.41, 5.74) is -0.153. The number of anilines is 2. The van der Waals surface area contributed by atoms with E-state index in [4.69, 9.17) is 32.7 Å². The van der Waals surface area contributed by atoms with Crippen LogP contribution in [0, 0.1) is 10.1 Å². The number of amides is 2. The molecular formula is C22H17Cl2N3O6. The first kappa shape index (κ1) is 23.8. The highest BCUT2D eigenvalue weighted by Crippen LogP contribution is 2.30. The Morgan fingerprint density at radius 1 is 0.788 bits per heavy atom. The molecule has 0 aromatic heterocycles. The normalized spacial score (nSPS) is 10.3. The summed E-state index contributed by atoms with van der Waals surface area (Å²) >= 11 is 12.0. The van der Waals surface area contributed by atoms with Crippen molar-refractivity contribution in [1.29, 1.82) is 0 Å². The number of rotatable bonds is 7. The van der Waals surface area contributed by atoms with Gasteiger partial charge < -0.3 is 20.1 Å². The molecule has 0 aliphatic rings. The zero-order valence-electron chi connectivity index (χ0n) is 17.3. The van der Waals surface area contributed by atoms with Crippen molar-refractivity contribution < 1.29 is 24.0 Å². The van der Waals surface area contributed by atoms with Gasteiger partial charge in [-0.25, -0.2) is 0 Å². The largest absolute Gasteiger partial charge is 0.495 e. The Bertz CT molecular complexity index is 1160. The van der Waals surface area contributed by atoms with Gasteiger partial charge in [0.15, 0.2) is 0 Å². The third kappa shape index (κ3) is 5.71. The number of non-ortho nitro benzene ring substituents is 1. The molecule has 0 aliphatic heterocycles. The minimum absolute atomic E-state index is 0.116. The first-order valence-corrected chi connectivity index (χ1v) is 10.1. The number of ether oxygens (including phenoxy) is 2. The fourth-order valence-electron chi connectivity index (χ4n) is 2.92. The van der Waals surface area contributed by atoms with E-state index >= 15 is 0 Å². The van der Waals surface area contributed by atoms with Crippen molar-refractivity contribution in [2.45, 2.75) is 0 Å². The Labute approximate surface area is 198 Å². The number of nitrogens with one attached hydrogen (secondary N) is 2. The van der Waals surface area contributed by atoms with Gasteiger partial charge in [0.05, 0.1) is 30.5 Å². The Hall–Kier alpha value is -3.82.